The maximum Gasteiger partial charge on any atom is 0.322 e. The lowest BCUT2D eigenvalue weighted by Crippen LogP contribution is -2.45. The third-order valence-corrected chi connectivity index (χ3v) is 4.16. The second-order valence-corrected chi connectivity index (χ2v) is 5.92. The molecule has 0 radical (unpaired) electrons. The van der Waals surface area contributed by atoms with E-state index in [4.69, 9.17) is 18.9 Å². The molecule has 0 saturated carbocycles. The van der Waals surface area contributed by atoms with Crippen LogP contribution in [0.1, 0.15) is 26.2 Å². The Morgan fingerprint density at radius 1 is 1.38 bits per heavy atom. The zero-order chi connectivity index (χ0) is 16.9. The number of methoxy groups -OCH3 is 1. The van der Waals surface area contributed by atoms with Crippen molar-refractivity contribution in [2.24, 2.45) is 0 Å². The molecule has 7 heteroatoms. The first kappa shape index (κ1) is 16.7. The minimum absolute atomic E-state index is 0.114. The number of urea groups is 1. The molecule has 2 aliphatic rings. The van der Waals surface area contributed by atoms with Crippen LogP contribution >= 0.6 is 0 Å². The van der Waals surface area contributed by atoms with E-state index >= 15 is 0 Å². The number of benzene rings is 1. The highest BCUT2D eigenvalue weighted by Crippen LogP contribution is 2.40. The third kappa shape index (κ3) is 3.67. The van der Waals surface area contributed by atoms with Gasteiger partial charge in [-0.3, -0.25) is 0 Å². The Bertz CT molecular complexity index is 593. The van der Waals surface area contributed by atoms with Crippen LogP contribution in [0.2, 0.25) is 0 Å². The Kier molecular flexibility index (Phi) is 5.30. The van der Waals surface area contributed by atoms with Crippen LogP contribution in [0.4, 0.5) is 10.5 Å². The Labute approximate surface area is 141 Å². The van der Waals surface area contributed by atoms with Gasteiger partial charge in [0, 0.05) is 31.8 Å². The summed E-state index contributed by atoms with van der Waals surface area (Å²) in [7, 11) is 1.56. The average molecular weight is 336 g/mol. The highest BCUT2D eigenvalue weighted by Gasteiger charge is 2.25. The summed E-state index contributed by atoms with van der Waals surface area (Å²) >= 11 is 0. The molecule has 1 aromatic carbocycles. The zero-order valence-electron chi connectivity index (χ0n) is 14.2. The summed E-state index contributed by atoms with van der Waals surface area (Å²) in [5.41, 5.74) is 0.573. The van der Waals surface area contributed by atoms with Gasteiger partial charge < -0.3 is 29.2 Å². The van der Waals surface area contributed by atoms with Gasteiger partial charge in [-0.15, -0.1) is 0 Å². The smallest absolute Gasteiger partial charge is 0.322 e. The van der Waals surface area contributed by atoms with Crippen LogP contribution in [0.15, 0.2) is 12.1 Å². The summed E-state index contributed by atoms with van der Waals surface area (Å²) < 4.78 is 21.8. The Morgan fingerprint density at radius 2 is 2.17 bits per heavy atom. The zero-order valence-corrected chi connectivity index (χ0v) is 14.2. The molecular weight excluding hydrogens is 312 g/mol. The lowest BCUT2D eigenvalue weighted by Gasteiger charge is -2.32. The molecule has 0 aromatic heterocycles. The molecule has 7 nitrogen and oxygen atoms in total. The minimum atomic E-state index is -0.156. The van der Waals surface area contributed by atoms with Gasteiger partial charge in [0.1, 0.15) is 5.75 Å². The number of nitrogens with zero attached hydrogens (tertiary/aromatic N) is 1. The van der Waals surface area contributed by atoms with E-state index in [0.717, 1.165) is 32.4 Å². The number of likely N-dealkylation sites (tertiary alicyclic amines) is 1. The second kappa shape index (κ2) is 7.61. The Balaban J connectivity index is 1.66. The van der Waals surface area contributed by atoms with E-state index in [-0.39, 0.29) is 18.9 Å². The number of carbonyl (C=O) groups excluding carboxylic acids is 1. The summed E-state index contributed by atoms with van der Waals surface area (Å²) in [6, 6.07) is 3.30. The monoisotopic (exact) mass is 336 g/mol. The molecule has 0 unspecified atom stereocenters. The highest BCUT2D eigenvalue weighted by molar-refractivity contribution is 5.91. The van der Waals surface area contributed by atoms with Crippen LogP contribution in [0.25, 0.3) is 0 Å². The Hall–Kier alpha value is -2.15. The van der Waals surface area contributed by atoms with E-state index in [1.54, 1.807) is 24.1 Å². The normalized spacial score (nSPS) is 19.2. The van der Waals surface area contributed by atoms with Gasteiger partial charge in [0.25, 0.3) is 0 Å². The molecule has 1 aromatic rings. The fourth-order valence-electron chi connectivity index (χ4n) is 2.93. The van der Waals surface area contributed by atoms with E-state index < -0.39 is 0 Å². The fraction of sp³-hybridized carbons (Fsp3) is 0.588. The van der Waals surface area contributed by atoms with Gasteiger partial charge in [-0.25, -0.2) is 4.79 Å². The molecular formula is C17H24N2O5. The SMILES string of the molecule is CCCO[C@@H]1CCCN(C(=O)Nc2cc3c(cc2OC)OCO3)C1. The van der Waals surface area contributed by atoms with Crippen molar-refractivity contribution < 1.29 is 23.7 Å². The number of hydrogen-bond acceptors (Lipinski definition) is 5. The predicted molar refractivity (Wildman–Crippen MR) is 89.0 cm³/mol. The maximum absolute atomic E-state index is 12.6. The summed E-state index contributed by atoms with van der Waals surface area (Å²) in [6.07, 6.45) is 3.04. The second-order valence-electron chi connectivity index (χ2n) is 5.92. The first-order chi connectivity index (χ1) is 11.7. The first-order valence-corrected chi connectivity index (χ1v) is 8.36. The standard InChI is InChI=1S/C17H24N2O5/c1-3-7-22-12-5-4-6-19(10-12)17(20)18-13-8-15-16(24-11-23-15)9-14(13)21-2/h8-9,12H,3-7,10-11H2,1-2H3,(H,18,20)/t12-/m1/s1. The van der Waals surface area contributed by atoms with Gasteiger partial charge in [-0.2, -0.15) is 0 Å². The van der Waals surface area contributed by atoms with Crippen molar-refractivity contribution in [1.29, 1.82) is 0 Å². The number of fused-ring (bicyclic) bond motifs is 1. The molecule has 0 aliphatic carbocycles. The molecule has 0 spiro atoms. The average Bonchev–Trinajstić information content (AvgIpc) is 3.06. The number of carbonyl (C=O) groups is 1. The van der Waals surface area contributed by atoms with Crippen molar-refractivity contribution in [3.05, 3.63) is 12.1 Å². The van der Waals surface area contributed by atoms with Crippen molar-refractivity contribution >= 4 is 11.7 Å². The van der Waals surface area contributed by atoms with E-state index in [0.29, 0.717) is 29.5 Å². The highest BCUT2D eigenvalue weighted by atomic mass is 16.7. The van der Waals surface area contributed by atoms with Crippen molar-refractivity contribution in [2.45, 2.75) is 32.3 Å². The van der Waals surface area contributed by atoms with Gasteiger partial charge >= 0.3 is 6.03 Å². The van der Waals surface area contributed by atoms with Gasteiger partial charge in [0.2, 0.25) is 6.79 Å². The van der Waals surface area contributed by atoms with Crippen LogP contribution in [0, 0.1) is 0 Å². The maximum atomic E-state index is 12.6. The molecule has 1 saturated heterocycles. The van der Waals surface area contributed by atoms with Gasteiger partial charge in [0.05, 0.1) is 18.9 Å². The molecule has 2 aliphatic heterocycles. The van der Waals surface area contributed by atoms with Crippen LogP contribution in [-0.2, 0) is 4.74 Å². The quantitative estimate of drug-likeness (QED) is 0.895. The third-order valence-electron chi connectivity index (χ3n) is 4.16. The molecule has 1 N–H and O–H groups in total. The summed E-state index contributed by atoms with van der Waals surface area (Å²) in [6.45, 7) is 4.33. The molecule has 1 atom stereocenters. The number of piperidine rings is 1. The molecule has 2 heterocycles. The van der Waals surface area contributed by atoms with E-state index in [2.05, 4.69) is 12.2 Å². The first-order valence-electron chi connectivity index (χ1n) is 8.36. The van der Waals surface area contributed by atoms with E-state index in [9.17, 15) is 4.79 Å². The number of rotatable bonds is 5. The van der Waals surface area contributed by atoms with Crippen molar-refractivity contribution in [3.8, 4) is 17.2 Å². The van der Waals surface area contributed by atoms with E-state index in [1.165, 1.54) is 0 Å². The van der Waals surface area contributed by atoms with E-state index in [1.807, 2.05) is 0 Å². The van der Waals surface area contributed by atoms with Gasteiger partial charge in [0.15, 0.2) is 11.5 Å². The van der Waals surface area contributed by atoms with Crippen LogP contribution < -0.4 is 19.5 Å². The number of amides is 2. The fourth-order valence-corrected chi connectivity index (χ4v) is 2.93. The topological polar surface area (TPSA) is 69.3 Å². The molecule has 1 fully saturated rings. The lowest BCUT2D eigenvalue weighted by atomic mass is 10.1. The van der Waals surface area contributed by atoms with Gasteiger partial charge in [-0.1, -0.05) is 6.92 Å². The summed E-state index contributed by atoms with van der Waals surface area (Å²) in [4.78, 5) is 14.4. The molecule has 2 amide bonds. The van der Waals surface area contributed by atoms with Crippen molar-refractivity contribution in [2.75, 3.05) is 38.9 Å². The lowest BCUT2D eigenvalue weighted by molar-refractivity contribution is 0.0115. The van der Waals surface area contributed by atoms with Crippen molar-refractivity contribution in [1.82, 2.24) is 4.90 Å². The minimum Gasteiger partial charge on any atom is -0.494 e. The van der Waals surface area contributed by atoms with Crippen LogP contribution in [0.3, 0.4) is 0 Å². The largest absolute Gasteiger partial charge is 0.494 e. The Morgan fingerprint density at radius 3 is 2.92 bits per heavy atom. The number of ether oxygens (including phenoxy) is 4. The van der Waals surface area contributed by atoms with Crippen LogP contribution in [0.5, 0.6) is 17.2 Å². The molecule has 3 rings (SSSR count). The van der Waals surface area contributed by atoms with Gasteiger partial charge in [-0.05, 0) is 19.3 Å². The number of anilines is 1. The molecule has 0 bridgehead atoms. The number of nitrogens with one attached hydrogen (secondary N) is 1. The molecule has 24 heavy (non-hydrogen) atoms. The molecule has 132 valence electrons. The predicted octanol–water partition coefficient (Wildman–Crippen LogP) is 2.85. The number of hydrogen-bond donors (Lipinski definition) is 1. The summed E-state index contributed by atoms with van der Waals surface area (Å²) in [5.74, 6) is 1.77. The van der Waals surface area contributed by atoms with Crippen molar-refractivity contribution in [3.63, 3.8) is 0 Å². The summed E-state index contributed by atoms with van der Waals surface area (Å²) in [5, 5.41) is 2.91. The van der Waals surface area contributed by atoms with Crippen LogP contribution in [-0.4, -0.2) is 50.6 Å².